The van der Waals surface area contributed by atoms with Gasteiger partial charge in [-0.1, -0.05) is 18.5 Å². The number of nitrogens with one attached hydrogen (secondary N) is 1. The van der Waals surface area contributed by atoms with Crippen LogP contribution in [0.15, 0.2) is 30.6 Å². The fraction of sp³-hybridized carbons (Fsp3) is 0.231. The molecular weight excluding hydrogens is 296 g/mol. The van der Waals surface area contributed by atoms with Crippen LogP contribution in [0.2, 0.25) is 5.02 Å². The molecule has 0 aliphatic carbocycles. The van der Waals surface area contributed by atoms with Crippen molar-refractivity contribution in [3.63, 3.8) is 0 Å². The number of hydrogen-bond acceptors (Lipinski definition) is 6. The molecule has 0 saturated carbocycles. The zero-order chi connectivity index (χ0) is 15.2. The molecule has 2 aromatic rings. The summed E-state index contributed by atoms with van der Waals surface area (Å²) < 4.78 is 5.43. The average Bonchev–Trinajstić information content (AvgIpc) is 2.45. The number of halogens is 1. The van der Waals surface area contributed by atoms with Gasteiger partial charge in [-0.2, -0.15) is 4.98 Å². The van der Waals surface area contributed by atoms with Crippen molar-refractivity contribution in [2.75, 3.05) is 11.9 Å². The first kappa shape index (κ1) is 15.0. The Morgan fingerprint density at radius 3 is 2.90 bits per heavy atom. The number of ether oxygens (including phenoxy) is 1. The predicted octanol–water partition coefficient (Wildman–Crippen LogP) is 3.65. The molecule has 0 aliphatic rings. The maximum Gasteiger partial charge on any atom is 0.331 e. The van der Waals surface area contributed by atoms with Gasteiger partial charge in [-0.3, -0.25) is 15.1 Å². The fourth-order valence-corrected chi connectivity index (χ4v) is 1.72. The van der Waals surface area contributed by atoms with E-state index < -0.39 is 4.92 Å². The molecule has 21 heavy (non-hydrogen) atoms. The number of pyridine rings is 2. The summed E-state index contributed by atoms with van der Waals surface area (Å²) in [6, 6.07) is 4.39. The Labute approximate surface area is 126 Å². The van der Waals surface area contributed by atoms with E-state index in [4.69, 9.17) is 16.3 Å². The predicted molar refractivity (Wildman–Crippen MR) is 79.0 cm³/mol. The minimum Gasteiger partial charge on any atom is -0.432 e. The molecule has 2 rings (SSSR count). The Morgan fingerprint density at radius 2 is 2.24 bits per heavy atom. The summed E-state index contributed by atoms with van der Waals surface area (Å²) in [5.41, 5.74) is -0.225. The summed E-state index contributed by atoms with van der Waals surface area (Å²) in [6.07, 6.45) is 3.76. The number of nitrogens with zero attached hydrogens (tertiary/aromatic N) is 3. The topological polar surface area (TPSA) is 90.2 Å². The average molecular weight is 309 g/mol. The molecule has 0 atom stereocenters. The summed E-state index contributed by atoms with van der Waals surface area (Å²) in [6.45, 7) is 2.72. The first-order valence-electron chi connectivity index (χ1n) is 6.28. The van der Waals surface area contributed by atoms with E-state index in [1.807, 2.05) is 6.92 Å². The highest BCUT2D eigenvalue weighted by molar-refractivity contribution is 6.30. The van der Waals surface area contributed by atoms with Gasteiger partial charge in [0.1, 0.15) is 11.6 Å². The zero-order valence-electron chi connectivity index (χ0n) is 11.2. The molecule has 0 saturated heterocycles. The van der Waals surface area contributed by atoms with Crippen LogP contribution in [0.3, 0.4) is 0 Å². The molecule has 1 N–H and O–H groups in total. The van der Waals surface area contributed by atoms with Crippen LogP contribution in [0.1, 0.15) is 13.3 Å². The smallest absolute Gasteiger partial charge is 0.331 e. The molecule has 0 aromatic carbocycles. The first-order chi connectivity index (χ1) is 10.1. The summed E-state index contributed by atoms with van der Waals surface area (Å²) in [4.78, 5) is 18.4. The second kappa shape index (κ2) is 6.85. The monoisotopic (exact) mass is 308 g/mol. The van der Waals surface area contributed by atoms with Crippen molar-refractivity contribution < 1.29 is 9.66 Å². The van der Waals surface area contributed by atoms with Crippen LogP contribution < -0.4 is 10.1 Å². The van der Waals surface area contributed by atoms with Gasteiger partial charge < -0.3 is 10.1 Å². The Morgan fingerprint density at radius 1 is 1.43 bits per heavy atom. The molecule has 0 aliphatic heterocycles. The van der Waals surface area contributed by atoms with E-state index in [0.29, 0.717) is 17.4 Å². The molecule has 2 heterocycles. The molecule has 0 radical (unpaired) electrons. The van der Waals surface area contributed by atoms with Gasteiger partial charge in [0.15, 0.2) is 0 Å². The van der Waals surface area contributed by atoms with Gasteiger partial charge >= 0.3 is 11.6 Å². The van der Waals surface area contributed by atoms with Crippen molar-refractivity contribution in [2.24, 2.45) is 0 Å². The molecule has 0 spiro atoms. The second-order valence-corrected chi connectivity index (χ2v) is 4.58. The molecule has 2 aromatic heterocycles. The number of nitro groups is 1. The van der Waals surface area contributed by atoms with Crippen molar-refractivity contribution in [3.8, 4) is 11.6 Å². The molecular formula is C13H13ClN4O3. The summed E-state index contributed by atoms with van der Waals surface area (Å²) >= 11 is 5.80. The molecule has 0 fully saturated rings. The largest absolute Gasteiger partial charge is 0.432 e. The Balaban J connectivity index is 2.31. The quantitative estimate of drug-likeness (QED) is 0.647. The lowest BCUT2D eigenvalue weighted by Crippen LogP contribution is -2.04. The third-order valence-corrected chi connectivity index (χ3v) is 2.69. The maximum atomic E-state index is 11.0. The third kappa shape index (κ3) is 4.03. The van der Waals surface area contributed by atoms with Crippen molar-refractivity contribution in [1.82, 2.24) is 9.97 Å². The van der Waals surface area contributed by atoms with Crippen molar-refractivity contribution >= 4 is 23.1 Å². The number of hydrogen-bond donors (Lipinski definition) is 1. The van der Waals surface area contributed by atoms with Crippen molar-refractivity contribution in [2.45, 2.75) is 13.3 Å². The van der Waals surface area contributed by atoms with Crippen LogP contribution in [0, 0.1) is 10.1 Å². The van der Waals surface area contributed by atoms with E-state index >= 15 is 0 Å². The number of aromatic nitrogens is 2. The van der Waals surface area contributed by atoms with E-state index in [2.05, 4.69) is 15.3 Å². The van der Waals surface area contributed by atoms with Crippen LogP contribution in [-0.2, 0) is 0 Å². The van der Waals surface area contributed by atoms with E-state index in [1.165, 1.54) is 30.6 Å². The summed E-state index contributed by atoms with van der Waals surface area (Å²) in [5, 5.41) is 14.4. The van der Waals surface area contributed by atoms with Gasteiger partial charge in [0.25, 0.3) is 0 Å². The lowest BCUT2D eigenvalue weighted by atomic mass is 10.3. The summed E-state index contributed by atoms with van der Waals surface area (Å²) in [7, 11) is 0. The highest BCUT2D eigenvalue weighted by atomic mass is 35.5. The number of rotatable bonds is 6. The van der Waals surface area contributed by atoms with E-state index in [9.17, 15) is 10.1 Å². The molecule has 8 heteroatoms. The Hall–Kier alpha value is -2.41. The fourth-order valence-electron chi connectivity index (χ4n) is 1.56. The lowest BCUT2D eigenvalue weighted by molar-refractivity contribution is -0.386. The standard InChI is InChI=1S/C13H13ClN4O3/c1-2-5-16-12-4-3-11(18(19)20)13(17-12)21-10-6-9(14)7-15-8-10/h3-4,6-8H,2,5H2,1H3,(H,16,17). The molecule has 110 valence electrons. The lowest BCUT2D eigenvalue weighted by Gasteiger charge is -2.08. The van der Waals surface area contributed by atoms with Gasteiger partial charge in [0, 0.05) is 24.9 Å². The van der Waals surface area contributed by atoms with Crippen LogP contribution in [0.4, 0.5) is 11.5 Å². The highest BCUT2D eigenvalue weighted by Crippen LogP contribution is 2.31. The summed E-state index contributed by atoms with van der Waals surface area (Å²) in [5.74, 6) is 0.684. The maximum absolute atomic E-state index is 11.0. The minimum absolute atomic E-state index is 0.106. The van der Waals surface area contributed by atoms with Crippen molar-refractivity contribution in [1.29, 1.82) is 0 Å². The minimum atomic E-state index is -0.552. The normalized spacial score (nSPS) is 10.2. The first-order valence-corrected chi connectivity index (χ1v) is 6.65. The SMILES string of the molecule is CCCNc1ccc([N+](=O)[O-])c(Oc2cncc(Cl)c2)n1. The Kier molecular flexibility index (Phi) is 4.89. The van der Waals surface area contributed by atoms with Gasteiger partial charge in [-0.05, 0) is 12.5 Å². The second-order valence-electron chi connectivity index (χ2n) is 4.15. The zero-order valence-corrected chi connectivity index (χ0v) is 12.0. The van der Waals surface area contributed by atoms with Crippen LogP contribution in [0.25, 0.3) is 0 Å². The van der Waals surface area contributed by atoms with E-state index in [0.717, 1.165) is 6.42 Å². The van der Waals surface area contributed by atoms with Crippen LogP contribution >= 0.6 is 11.6 Å². The van der Waals surface area contributed by atoms with Crippen LogP contribution in [0.5, 0.6) is 11.6 Å². The van der Waals surface area contributed by atoms with E-state index in [-0.39, 0.29) is 17.3 Å². The highest BCUT2D eigenvalue weighted by Gasteiger charge is 2.18. The van der Waals surface area contributed by atoms with Crippen LogP contribution in [-0.4, -0.2) is 21.4 Å². The molecule has 0 unspecified atom stereocenters. The van der Waals surface area contributed by atoms with Gasteiger partial charge in [-0.15, -0.1) is 0 Å². The van der Waals surface area contributed by atoms with Gasteiger partial charge in [0.05, 0.1) is 16.1 Å². The van der Waals surface area contributed by atoms with Gasteiger partial charge in [-0.25, -0.2) is 0 Å². The Bertz CT molecular complexity index is 651. The number of anilines is 1. The molecule has 0 bridgehead atoms. The molecule has 7 nitrogen and oxygen atoms in total. The van der Waals surface area contributed by atoms with Crippen molar-refractivity contribution in [3.05, 3.63) is 45.7 Å². The molecule has 0 amide bonds. The van der Waals surface area contributed by atoms with Gasteiger partial charge in [0.2, 0.25) is 0 Å². The third-order valence-electron chi connectivity index (χ3n) is 2.49. The van der Waals surface area contributed by atoms with E-state index in [1.54, 1.807) is 0 Å².